The molecule has 3 aliphatic rings. The molecule has 2 heterocycles. The molecule has 154 valence electrons. The van der Waals surface area contributed by atoms with Crippen LogP contribution in [0.5, 0.6) is 0 Å². The molecule has 0 radical (unpaired) electrons. The van der Waals surface area contributed by atoms with E-state index in [9.17, 15) is 0 Å². The SMILES string of the molecule is C1=C(c2ccccc2)N2N=C(c3ccccc3)O[C@]23CCCC[C@H]3[C@@H]1c1ccccc1. The first kappa shape index (κ1) is 18.4. The smallest absolute Gasteiger partial charge is 0.240 e. The van der Waals surface area contributed by atoms with E-state index in [1.165, 1.54) is 17.5 Å². The summed E-state index contributed by atoms with van der Waals surface area (Å²) in [5, 5.41) is 7.32. The number of benzene rings is 3. The molecule has 1 spiro atoms. The van der Waals surface area contributed by atoms with Gasteiger partial charge in [0.05, 0.1) is 5.70 Å². The first-order chi connectivity index (χ1) is 15.4. The minimum absolute atomic E-state index is 0.304. The molecule has 3 aromatic carbocycles. The van der Waals surface area contributed by atoms with Crippen molar-refractivity contribution in [1.29, 1.82) is 0 Å². The molecule has 0 unspecified atom stereocenters. The van der Waals surface area contributed by atoms with Gasteiger partial charge < -0.3 is 4.74 Å². The van der Waals surface area contributed by atoms with Crippen LogP contribution in [0.3, 0.4) is 0 Å². The fraction of sp³-hybridized carbons (Fsp3) is 0.250. The van der Waals surface area contributed by atoms with Crippen LogP contribution in [0.2, 0.25) is 0 Å². The summed E-state index contributed by atoms with van der Waals surface area (Å²) in [6.45, 7) is 0. The number of hydrogen-bond acceptors (Lipinski definition) is 3. The Bertz CT molecular complexity index is 1120. The fourth-order valence-electron chi connectivity index (χ4n) is 5.55. The van der Waals surface area contributed by atoms with Gasteiger partial charge in [0.15, 0.2) is 0 Å². The third-order valence-electron chi connectivity index (χ3n) is 6.98. The van der Waals surface area contributed by atoms with Crippen LogP contribution < -0.4 is 0 Å². The van der Waals surface area contributed by atoms with Crippen LogP contribution in [-0.4, -0.2) is 16.6 Å². The normalized spacial score (nSPS) is 26.9. The Hall–Kier alpha value is -3.33. The van der Waals surface area contributed by atoms with E-state index in [0.717, 1.165) is 36.4 Å². The summed E-state index contributed by atoms with van der Waals surface area (Å²) in [4.78, 5) is 0. The quantitative estimate of drug-likeness (QED) is 0.502. The van der Waals surface area contributed by atoms with E-state index in [1.807, 2.05) is 6.07 Å². The number of rotatable bonds is 3. The van der Waals surface area contributed by atoms with Gasteiger partial charge in [0.2, 0.25) is 11.6 Å². The number of hydrazone groups is 1. The molecule has 0 N–H and O–H groups in total. The topological polar surface area (TPSA) is 24.8 Å². The third kappa shape index (κ3) is 2.99. The van der Waals surface area contributed by atoms with E-state index in [0.29, 0.717) is 11.8 Å². The van der Waals surface area contributed by atoms with Crippen LogP contribution in [0.25, 0.3) is 5.70 Å². The summed E-state index contributed by atoms with van der Waals surface area (Å²) >= 11 is 0. The zero-order chi connectivity index (χ0) is 20.7. The van der Waals surface area contributed by atoms with Gasteiger partial charge in [-0.25, -0.2) is 5.01 Å². The van der Waals surface area contributed by atoms with Gasteiger partial charge in [0.25, 0.3) is 0 Å². The monoisotopic (exact) mass is 406 g/mol. The largest absolute Gasteiger partial charge is 0.447 e. The minimum atomic E-state index is -0.427. The molecule has 1 saturated carbocycles. The molecule has 31 heavy (non-hydrogen) atoms. The minimum Gasteiger partial charge on any atom is -0.447 e. The average Bonchev–Trinajstić information content (AvgIpc) is 3.24. The van der Waals surface area contributed by atoms with Gasteiger partial charge in [0.1, 0.15) is 0 Å². The summed E-state index contributed by atoms with van der Waals surface area (Å²) < 4.78 is 6.88. The molecule has 0 amide bonds. The van der Waals surface area contributed by atoms with E-state index in [1.54, 1.807) is 0 Å². The third-order valence-corrected chi connectivity index (χ3v) is 6.98. The van der Waals surface area contributed by atoms with E-state index in [-0.39, 0.29) is 0 Å². The van der Waals surface area contributed by atoms with Gasteiger partial charge in [-0.3, -0.25) is 0 Å². The maximum Gasteiger partial charge on any atom is 0.240 e. The summed E-state index contributed by atoms with van der Waals surface area (Å²) in [6.07, 6.45) is 6.97. The van der Waals surface area contributed by atoms with Crippen molar-refractivity contribution in [2.24, 2.45) is 11.0 Å². The zero-order valence-electron chi connectivity index (χ0n) is 17.5. The Morgan fingerprint density at radius 1 is 0.774 bits per heavy atom. The molecule has 0 saturated heterocycles. The Kier molecular flexibility index (Phi) is 4.41. The van der Waals surface area contributed by atoms with Gasteiger partial charge in [-0.05, 0) is 36.1 Å². The molecule has 3 nitrogen and oxygen atoms in total. The van der Waals surface area contributed by atoms with Crippen molar-refractivity contribution < 1.29 is 4.74 Å². The predicted molar refractivity (Wildman–Crippen MR) is 124 cm³/mol. The first-order valence-corrected chi connectivity index (χ1v) is 11.3. The van der Waals surface area contributed by atoms with Crippen LogP contribution in [-0.2, 0) is 4.74 Å². The van der Waals surface area contributed by atoms with Crippen molar-refractivity contribution >= 4 is 11.6 Å². The second-order valence-corrected chi connectivity index (χ2v) is 8.74. The molecular formula is C28H26N2O. The number of hydrogen-bond donors (Lipinski definition) is 0. The molecular weight excluding hydrogens is 380 g/mol. The molecule has 1 fully saturated rings. The lowest BCUT2D eigenvalue weighted by Crippen LogP contribution is -2.55. The van der Waals surface area contributed by atoms with Crippen molar-refractivity contribution in [3.05, 3.63) is 114 Å². The van der Waals surface area contributed by atoms with E-state index in [4.69, 9.17) is 9.84 Å². The fourth-order valence-corrected chi connectivity index (χ4v) is 5.55. The number of allylic oxidation sites excluding steroid dienone is 1. The van der Waals surface area contributed by atoms with Crippen LogP contribution in [0.15, 0.2) is 102 Å². The predicted octanol–water partition coefficient (Wildman–Crippen LogP) is 6.41. The maximum absolute atomic E-state index is 6.88. The molecule has 0 bridgehead atoms. The highest BCUT2D eigenvalue weighted by Gasteiger charge is 2.58. The van der Waals surface area contributed by atoms with Crippen molar-refractivity contribution in [2.75, 3.05) is 0 Å². The maximum atomic E-state index is 6.88. The second kappa shape index (κ2) is 7.42. The van der Waals surface area contributed by atoms with Crippen molar-refractivity contribution in [3.8, 4) is 0 Å². The van der Waals surface area contributed by atoms with Gasteiger partial charge in [-0.1, -0.05) is 91.4 Å². The highest BCUT2D eigenvalue weighted by Crippen LogP contribution is 2.55. The molecule has 3 aromatic rings. The standard InChI is InChI=1S/C28H26N2O/c1-4-12-21(13-5-1)24-20-26(22-14-6-2-7-15-22)30-28(19-11-10-18-25(24)28)31-27(29-30)23-16-8-3-9-17-23/h1-9,12-17,20,24-25H,10-11,18-19H2/t24-,25-,28-/m0/s1. The van der Waals surface area contributed by atoms with Crippen LogP contribution >= 0.6 is 0 Å². The Labute approximate surface area is 183 Å². The van der Waals surface area contributed by atoms with Crippen molar-refractivity contribution in [1.82, 2.24) is 5.01 Å². The van der Waals surface area contributed by atoms with Gasteiger partial charge in [0, 0.05) is 23.8 Å². The van der Waals surface area contributed by atoms with Crippen LogP contribution in [0.4, 0.5) is 0 Å². The molecule has 3 atom stereocenters. The van der Waals surface area contributed by atoms with Crippen LogP contribution in [0.1, 0.15) is 48.3 Å². The summed E-state index contributed by atoms with van der Waals surface area (Å²) in [5.41, 5.74) is 4.31. The lowest BCUT2D eigenvalue weighted by atomic mass is 9.68. The molecule has 2 aliphatic heterocycles. The molecule has 0 aromatic heterocycles. The Morgan fingerprint density at radius 3 is 2.13 bits per heavy atom. The highest BCUT2D eigenvalue weighted by atomic mass is 16.6. The zero-order valence-corrected chi connectivity index (χ0v) is 17.5. The van der Waals surface area contributed by atoms with Gasteiger partial charge in [-0.2, -0.15) is 0 Å². The Morgan fingerprint density at radius 2 is 1.42 bits per heavy atom. The first-order valence-electron chi connectivity index (χ1n) is 11.3. The van der Waals surface area contributed by atoms with Gasteiger partial charge >= 0.3 is 0 Å². The van der Waals surface area contributed by atoms with Crippen LogP contribution in [0, 0.1) is 5.92 Å². The number of ether oxygens (including phenoxy) is 1. The summed E-state index contributed by atoms with van der Waals surface area (Å²) in [7, 11) is 0. The van der Waals surface area contributed by atoms with E-state index >= 15 is 0 Å². The second-order valence-electron chi connectivity index (χ2n) is 8.74. The van der Waals surface area contributed by atoms with Gasteiger partial charge in [-0.15, -0.1) is 5.10 Å². The average molecular weight is 407 g/mol. The molecule has 6 rings (SSSR count). The molecule has 3 heteroatoms. The highest BCUT2D eigenvalue weighted by molar-refractivity contribution is 5.96. The van der Waals surface area contributed by atoms with Crippen molar-refractivity contribution in [3.63, 3.8) is 0 Å². The molecule has 1 aliphatic carbocycles. The van der Waals surface area contributed by atoms with E-state index < -0.39 is 5.72 Å². The summed E-state index contributed by atoms with van der Waals surface area (Å²) in [5.74, 6) is 1.40. The summed E-state index contributed by atoms with van der Waals surface area (Å²) in [6, 6.07) is 31.9. The van der Waals surface area contributed by atoms with Crippen molar-refractivity contribution in [2.45, 2.75) is 37.3 Å². The lowest BCUT2D eigenvalue weighted by Gasteiger charge is -2.51. The Balaban J connectivity index is 1.53. The van der Waals surface area contributed by atoms with E-state index in [2.05, 4.69) is 96.0 Å². The lowest BCUT2D eigenvalue weighted by molar-refractivity contribution is -0.116. The number of nitrogens with zero attached hydrogens (tertiary/aromatic N) is 2.